The highest BCUT2D eigenvalue weighted by Gasteiger charge is 2.38. The van der Waals surface area contributed by atoms with Crippen molar-refractivity contribution in [1.82, 2.24) is 4.90 Å². The molecule has 0 bridgehead atoms. The van der Waals surface area contributed by atoms with Gasteiger partial charge in [0.05, 0.1) is 6.61 Å². The Labute approximate surface area is 119 Å². The van der Waals surface area contributed by atoms with Crippen molar-refractivity contribution in [2.75, 3.05) is 26.4 Å². The first-order valence-corrected chi connectivity index (χ1v) is 8.19. The van der Waals surface area contributed by atoms with E-state index in [9.17, 15) is 5.11 Å². The molecule has 4 heteroatoms. The number of hydrogen-bond donors (Lipinski definition) is 1. The van der Waals surface area contributed by atoms with Gasteiger partial charge in [-0.05, 0) is 48.1 Å². The molecule has 2 heterocycles. The molecule has 1 saturated carbocycles. The lowest BCUT2D eigenvalue weighted by Crippen LogP contribution is -2.44. The van der Waals surface area contributed by atoms with Crippen LogP contribution in [0.25, 0.3) is 0 Å². The second kappa shape index (κ2) is 5.92. The van der Waals surface area contributed by atoms with Crippen molar-refractivity contribution in [3.63, 3.8) is 0 Å². The van der Waals surface area contributed by atoms with E-state index in [0.29, 0.717) is 6.61 Å². The molecular weight excluding hydrogens is 258 g/mol. The third-order valence-electron chi connectivity index (χ3n) is 4.46. The number of ether oxygens (including phenoxy) is 1. The summed E-state index contributed by atoms with van der Waals surface area (Å²) in [5.41, 5.74) is 1.48. The second-order valence-corrected chi connectivity index (χ2v) is 6.82. The van der Waals surface area contributed by atoms with Crippen molar-refractivity contribution >= 4 is 11.3 Å². The summed E-state index contributed by atoms with van der Waals surface area (Å²) in [7, 11) is 0. The summed E-state index contributed by atoms with van der Waals surface area (Å²) in [5.74, 6) is 0. The van der Waals surface area contributed by atoms with E-state index in [4.69, 9.17) is 4.74 Å². The maximum atomic E-state index is 9.84. The molecule has 0 unspecified atom stereocenters. The molecule has 3 rings (SSSR count). The summed E-state index contributed by atoms with van der Waals surface area (Å²) in [5, 5.41) is 14.2. The Balaban J connectivity index is 1.66. The van der Waals surface area contributed by atoms with Gasteiger partial charge in [-0.3, -0.25) is 4.90 Å². The molecule has 0 aromatic carbocycles. The number of hydrogen-bond acceptors (Lipinski definition) is 4. The van der Waals surface area contributed by atoms with Gasteiger partial charge in [0.15, 0.2) is 0 Å². The first kappa shape index (κ1) is 13.6. The molecule has 1 aliphatic heterocycles. The lowest BCUT2D eigenvalue weighted by Gasteiger charge is -2.40. The zero-order chi connectivity index (χ0) is 13.1. The Morgan fingerprint density at radius 3 is 2.74 bits per heavy atom. The van der Waals surface area contributed by atoms with Crippen LogP contribution >= 0.6 is 11.3 Å². The highest BCUT2D eigenvalue weighted by molar-refractivity contribution is 7.07. The average molecular weight is 281 g/mol. The molecule has 19 heavy (non-hydrogen) atoms. The van der Waals surface area contributed by atoms with Gasteiger partial charge in [0.25, 0.3) is 0 Å². The Morgan fingerprint density at radius 2 is 2.16 bits per heavy atom. The van der Waals surface area contributed by atoms with E-state index >= 15 is 0 Å². The fraction of sp³-hybridized carbons (Fsp3) is 0.733. The zero-order valence-electron chi connectivity index (χ0n) is 11.4. The molecule has 1 aromatic heterocycles. The van der Waals surface area contributed by atoms with Crippen LogP contribution in [0.15, 0.2) is 16.8 Å². The van der Waals surface area contributed by atoms with Crippen LogP contribution in [-0.2, 0) is 11.3 Å². The summed E-state index contributed by atoms with van der Waals surface area (Å²) in [6.45, 7) is 3.96. The first-order chi connectivity index (χ1) is 9.31. The van der Waals surface area contributed by atoms with Gasteiger partial charge < -0.3 is 9.84 Å². The van der Waals surface area contributed by atoms with Gasteiger partial charge in [0, 0.05) is 37.8 Å². The predicted octanol–water partition coefficient (Wildman–Crippen LogP) is 2.50. The molecule has 2 fully saturated rings. The van der Waals surface area contributed by atoms with Crippen LogP contribution in [0.2, 0.25) is 0 Å². The van der Waals surface area contributed by atoms with Gasteiger partial charge in [0.2, 0.25) is 0 Å². The smallest absolute Gasteiger partial charge is 0.0501 e. The number of thiophene rings is 1. The number of nitrogens with zero attached hydrogens (tertiary/aromatic N) is 1. The van der Waals surface area contributed by atoms with E-state index < -0.39 is 0 Å². The zero-order valence-corrected chi connectivity index (χ0v) is 12.2. The highest BCUT2D eigenvalue weighted by atomic mass is 32.1. The van der Waals surface area contributed by atoms with Gasteiger partial charge in [-0.15, -0.1) is 0 Å². The Morgan fingerprint density at radius 1 is 1.37 bits per heavy atom. The van der Waals surface area contributed by atoms with Crippen LogP contribution in [-0.4, -0.2) is 42.4 Å². The second-order valence-electron chi connectivity index (χ2n) is 6.04. The predicted molar refractivity (Wildman–Crippen MR) is 77.3 cm³/mol. The lowest BCUT2D eigenvalue weighted by molar-refractivity contribution is -0.0369. The molecule has 0 atom stereocenters. The summed E-state index contributed by atoms with van der Waals surface area (Å²) in [4.78, 5) is 2.59. The van der Waals surface area contributed by atoms with Gasteiger partial charge in [-0.25, -0.2) is 0 Å². The van der Waals surface area contributed by atoms with Crippen LogP contribution < -0.4 is 0 Å². The molecule has 0 radical (unpaired) electrons. The van der Waals surface area contributed by atoms with Crippen LogP contribution in [0.4, 0.5) is 0 Å². The van der Waals surface area contributed by atoms with Crippen LogP contribution in [0.3, 0.4) is 0 Å². The third-order valence-corrected chi connectivity index (χ3v) is 5.19. The first-order valence-electron chi connectivity index (χ1n) is 7.25. The molecule has 1 N–H and O–H groups in total. The number of aliphatic hydroxyl groups excluding tert-OH is 1. The SMILES string of the molecule is OCC1(CN(Cc2ccsc2)C2CC2)CCOCC1. The van der Waals surface area contributed by atoms with E-state index in [0.717, 1.165) is 45.2 Å². The molecule has 1 aromatic rings. The van der Waals surface area contributed by atoms with E-state index in [-0.39, 0.29) is 5.41 Å². The Hall–Kier alpha value is -0.420. The van der Waals surface area contributed by atoms with Crippen molar-refractivity contribution < 1.29 is 9.84 Å². The van der Waals surface area contributed by atoms with Gasteiger partial charge in [0.1, 0.15) is 0 Å². The maximum Gasteiger partial charge on any atom is 0.0501 e. The minimum absolute atomic E-state index is 0.0663. The summed E-state index contributed by atoms with van der Waals surface area (Å²) in [6.07, 6.45) is 4.64. The van der Waals surface area contributed by atoms with Crippen LogP contribution in [0.5, 0.6) is 0 Å². The minimum atomic E-state index is 0.0663. The van der Waals surface area contributed by atoms with Crippen molar-refractivity contribution in [3.05, 3.63) is 22.4 Å². The molecule has 1 saturated heterocycles. The molecule has 0 amide bonds. The van der Waals surface area contributed by atoms with E-state index in [1.54, 1.807) is 11.3 Å². The van der Waals surface area contributed by atoms with Crippen molar-refractivity contribution in [3.8, 4) is 0 Å². The number of rotatable bonds is 6. The lowest BCUT2D eigenvalue weighted by atomic mass is 9.80. The molecule has 3 nitrogen and oxygen atoms in total. The minimum Gasteiger partial charge on any atom is -0.396 e. The van der Waals surface area contributed by atoms with Gasteiger partial charge in [-0.2, -0.15) is 11.3 Å². The van der Waals surface area contributed by atoms with E-state index in [1.165, 1.54) is 18.4 Å². The quantitative estimate of drug-likeness (QED) is 0.869. The van der Waals surface area contributed by atoms with Crippen molar-refractivity contribution in [1.29, 1.82) is 0 Å². The molecule has 106 valence electrons. The van der Waals surface area contributed by atoms with Crippen molar-refractivity contribution in [2.24, 2.45) is 5.41 Å². The third kappa shape index (κ3) is 3.37. The van der Waals surface area contributed by atoms with Gasteiger partial charge in [-0.1, -0.05) is 0 Å². The topological polar surface area (TPSA) is 32.7 Å². The molecule has 2 aliphatic rings. The summed E-state index contributed by atoms with van der Waals surface area (Å²) < 4.78 is 5.46. The average Bonchev–Trinajstić information content (AvgIpc) is 3.18. The Kier molecular flexibility index (Phi) is 4.22. The summed E-state index contributed by atoms with van der Waals surface area (Å²) in [6, 6.07) is 2.96. The normalized spacial score (nSPS) is 22.8. The highest BCUT2D eigenvalue weighted by Crippen LogP contribution is 2.36. The van der Waals surface area contributed by atoms with Crippen LogP contribution in [0.1, 0.15) is 31.2 Å². The monoisotopic (exact) mass is 281 g/mol. The van der Waals surface area contributed by atoms with Crippen molar-refractivity contribution in [2.45, 2.75) is 38.3 Å². The Bertz CT molecular complexity index is 383. The van der Waals surface area contributed by atoms with Crippen LogP contribution in [0, 0.1) is 5.41 Å². The maximum absolute atomic E-state index is 9.84. The fourth-order valence-corrected chi connectivity index (χ4v) is 3.63. The van der Waals surface area contributed by atoms with E-state index in [2.05, 4.69) is 21.7 Å². The summed E-state index contributed by atoms with van der Waals surface area (Å²) >= 11 is 1.77. The van der Waals surface area contributed by atoms with E-state index in [1.807, 2.05) is 0 Å². The standard InChI is InChI=1S/C15H23NO2S/c17-12-15(4-6-18-7-5-15)11-16(14-1-2-14)9-13-3-8-19-10-13/h3,8,10,14,17H,1-2,4-7,9,11-12H2. The number of aliphatic hydroxyl groups is 1. The molecular formula is C15H23NO2S. The molecule has 0 spiro atoms. The fourth-order valence-electron chi connectivity index (χ4n) is 2.97. The largest absolute Gasteiger partial charge is 0.396 e. The van der Waals surface area contributed by atoms with Gasteiger partial charge >= 0.3 is 0 Å². The molecule has 1 aliphatic carbocycles.